The summed E-state index contributed by atoms with van der Waals surface area (Å²) in [5.74, 6) is 2.13. The minimum absolute atomic E-state index is 0.0681. The fraction of sp³-hybridized carbons (Fsp3) is 0.917. The van der Waals surface area contributed by atoms with Crippen LogP contribution in [0.15, 0.2) is 12.3 Å². The SMILES string of the molecule is CC(C)(C)O[C@H]1CC[C@H]2[C@@H]3C[C@]4(CO4)[C@@]45C=CO[C@@H](C[C@]4(C)[C@H]3CC[C@]12C)O5. The van der Waals surface area contributed by atoms with Crippen molar-refractivity contribution >= 4 is 0 Å². The number of rotatable bonds is 1. The van der Waals surface area contributed by atoms with Crippen LogP contribution >= 0.6 is 0 Å². The van der Waals surface area contributed by atoms with Crippen LogP contribution in [0, 0.1) is 28.6 Å². The normalized spacial score (nSPS) is 58.8. The Bertz CT molecular complexity index is 721. The van der Waals surface area contributed by atoms with Crippen LogP contribution in [0.1, 0.15) is 73.1 Å². The number of hydrogen-bond acceptors (Lipinski definition) is 4. The fourth-order valence-electron chi connectivity index (χ4n) is 8.50. The zero-order chi connectivity index (χ0) is 19.6. The molecule has 3 aliphatic carbocycles. The fourth-order valence-corrected chi connectivity index (χ4v) is 8.50. The average molecular weight is 389 g/mol. The van der Waals surface area contributed by atoms with Crippen LogP contribution in [0.5, 0.6) is 0 Å². The summed E-state index contributed by atoms with van der Waals surface area (Å²) in [7, 11) is 0. The smallest absolute Gasteiger partial charge is 0.200 e. The van der Waals surface area contributed by atoms with Gasteiger partial charge in [-0.05, 0) is 82.1 Å². The van der Waals surface area contributed by atoms with Crippen molar-refractivity contribution in [3.63, 3.8) is 0 Å². The molecule has 5 fully saturated rings. The number of epoxide rings is 1. The Morgan fingerprint density at radius 3 is 2.54 bits per heavy atom. The second kappa shape index (κ2) is 5.18. The Labute approximate surface area is 169 Å². The summed E-state index contributed by atoms with van der Waals surface area (Å²) in [4.78, 5) is 0. The Morgan fingerprint density at radius 2 is 1.82 bits per heavy atom. The Morgan fingerprint density at radius 1 is 1.04 bits per heavy atom. The van der Waals surface area contributed by atoms with Gasteiger partial charge in [-0.2, -0.15) is 0 Å². The van der Waals surface area contributed by atoms with E-state index in [0.717, 1.165) is 25.4 Å². The lowest BCUT2D eigenvalue weighted by Gasteiger charge is -2.61. The van der Waals surface area contributed by atoms with Crippen LogP contribution in [0.3, 0.4) is 0 Å². The molecule has 3 heterocycles. The van der Waals surface area contributed by atoms with Crippen molar-refractivity contribution < 1.29 is 18.9 Å². The van der Waals surface area contributed by atoms with Gasteiger partial charge in [-0.1, -0.05) is 13.8 Å². The molecule has 28 heavy (non-hydrogen) atoms. The van der Waals surface area contributed by atoms with Crippen LogP contribution < -0.4 is 0 Å². The van der Waals surface area contributed by atoms with E-state index in [-0.39, 0.29) is 28.5 Å². The minimum atomic E-state index is -0.280. The minimum Gasteiger partial charge on any atom is -0.473 e. The van der Waals surface area contributed by atoms with Crippen molar-refractivity contribution in [3.8, 4) is 0 Å². The van der Waals surface area contributed by atoms with Crippen LogP contribution in [0.4, 0.5) is 0 Å². The molecule has 4 heteroatoms. The van der Waals surface area contributed by atoms with Crippen molar-refractivity contribution in [1.29, 1.82) is 0 Å². The van der Waals surface area contributed by atoms with E-state index in [1.165, 1.54) is 25.7 Å². The van der Waals surface area contributed by atoms with Gasteiger partial charge in [0, 0.05) is 11.8 Å². The van der Waals surface area contributed by atoms with Gasteiger partial charge < -0.3 is 18.9 Å². The van der Waals surface area contributed by atoms with Gasteiger partial charge in [-0.25, -0.2) is 0 Å². The topological polar surface area (TPSA) is 40.2 Å². The van der Waals surface area contributed by atoms with Gasteiger partial charge in [0.1, 0.15) is 11.2 Å². The van der Waals surface area contributed by atoms with Crippen molar-refractivity contribution in [3.05, 3.63) is 12.3 Å². The van der Waals surface area contributed by atoms with Crippen LogP contribution in [-0.2, 0) is 18.9 Å². The van der Waals surface area contributed by atoms with Crippen molar-refractivity contribution in [2.45, 2.75) is 102 Å². The number of ether oxygens (including phenoxy) is 4. The maximum Gasteiger partial charge on any atom is 0.200 e. The van der Waals surface area contributed by atoms with Gasteiger partial charge in [0.25, 0.3) is 0 Å². The van der Waals surface area contributed by atoms with Crippen molar-refractivity contribution in [2.24, 2.45) is 28.6 Å². The van der Waals surface area contributed by atoms with Crippen molar-refractivity contribution in [1.82, 2.24) is 0 Å². The van der Waals surface area contributed by atoms with Gasteiger partial charge in [0.15, 0.2) is 0 Å². The van der Waals surface area contributed by atoms with E-state index in [1.807, 2.05) is 6.26 Å². The molecule has 9 atom stereocenters. The molecule has 2 saturated heterocycles. The zero-order valence-corrected chi connectivity index (χ0v) is 18.1. The summed E-state index contributed by atoms with van der Waals surface area (Å²) in [5.41, 5.74) is -0.0705. The van der Waals surface area contributed by atoms with Crippen LogP contribution in [-0.4, -0.2) is 35.8 Å². The quantitative estimate of drug-likeness (QED) is 0.604. The second-order valence-corrected chi connectivity index (χ2v) is 12.0. The first-order valence-electron chi connectivity index (χ1n) is 11.5. The third kappa shape index (κ3) is 2.03. The summed E-state index contributed by atoms with van der Waals surface area (Å²) >= 11 is 0. The van der Waals surface area contributed by atoms with E-state index in [2.05, 4.69) is 40.7 Å². The average Bonchev–Trinajstić information content (AvgIpc) is 3.26. The highest BCUT2D eigenvalue weighted by Gasteiger charge is 2.80. The van der Waals surface area contributed by atoms with Crippen LogP contribution in [0.25, 0.3) is 0 Å². The first-order valence-corrected chi connectivity index (χ1v) is 11.5. The molecule has 0 amide bonds. The van der Waals surface area contributed by atoms with Gasteiger partial charge in [-0.3, -0.25) is 0 Å². The standard InChI is InChI=1S/C24H36O4/c1-20(2,3)27-18-7-6-16-15-12-23(14-26-23)24-10-11-25-19(28-24)13-22(24,5)17(15)8-9-21(16,18)4/h10-11,15-19H,6-9,12-14H2,1-5H3/t15-,16-,17-,18-,19+,21-,22+,23-,24+/m0/s1. The summed E-state index contributed by atoms with van der Waals surface area (Å²) < 4.78 is 25.3. The molecule has 6 aliphatic rings. The molecule has 156 valence electrons. The molecule has 0 aromatic heterocycles. The first kappa shape index (κ1) is 18.2. The highest BCUT2D eigenvalue weighted by molar-refractivity contribution is 5.33. The van der Waals surface area contributed by atoms with Gasteiger partial charge in [0.05, 0.1) is 24.6 Å². The Hall–Kier alpha value is -0.580. The largest absolute Gasteiger partial charge is 0.473 e. The third-order valence-corrected chi connectivity index (χ3v) is 9.69. The van der Waals surface area contributed by atoms with E-state index in [0.29, 0.717) is 23.4 Å². The van der Waals surface area contributed by atoms with Crippen LogP contribution in [0.2, 0.25) is 0 Å². The maximum absolute atomic E-state index is 6.61. The second-order valence-electron chi connectivity index (χ2n) is 12.0. The van der Waals surface area contributed by atoms with E-state index >= 15 is 0 Å². The van der Waals surface area contributed by atoms with E-state index in [9.17, 15) is 0 Å². The highest BCUT2D eigenvalue weighted by atomic mass is 16.7. The summed E-state index contributed by atoms with van der Waals surface area (Å²) in [5, 5.41) is 0. The maximum atomic E-state index is 6.61. The molecule has 0 radical (unpaired) electrons. The lowest BCUT2D eigenvalue weighted by atomic mass is 9.44. The molecule has 0 aromatic carbocycles. The molecule has 4 nitrogen and oxygen atoms in total. The molecular formula is C24H36O4. The molecule has 3 aliphatic heterocycles. The first-order chi connectivity index (χ1) is 13.1. The molecule has 0 unspecified atom stereocenters. The zero-order valence-electron chi connectivity index (χ0n) is 18.1. The van der Waals surface area contributed by atoms with E-state index < -0.39 is 0 Å². The Kier molecular flexibility index (Phi) is 3.37. The molecule has 0 aromatic rings. The predicted molar refractivity (Wildman–Crippen MR) is 106 cm³/mol. The molecule has 6 rings (SSSR count). The van der Waals surface area contributed by atoms with E-state index in [4.69, 9.17) is 18.9 Å². The lowest BCUT2D eigenvalue weighted by molar-refractivity contribution is -0.221. The molecule has 2 bridgehead atoms. The highest BCUT2D eigenvalue weighted by Crippen LogP contribution is 2.74. The molecular weight excluding hydrogens is 352 g/mol. The molecule has 2 spiro atoms. The molecule has 3 saturated carbocycles. The molecule has 0 N–H and O–H groups in total. The lowest BCUT2D eigenvalue weighted by Crippen LogP contribution is -2.65. The summed E-state index contributed by atoms with van der Waals surface area (Å²) in [6.45, 7) is 12.5. The Balaban J connectivity index is 1.37. The number of hydrogen-bond donors (Lipinski definition) is 0. The summed E-state index contributed by atoms with van der Waals surface area (Å²) in [6.07, 6.45) is 11.6. The third-order valence-electron chi connectivity index (χ3n) is 9.69. The monoisotopic (exact) mass is 388 g/mol. The predicted octanol–water partition coefficient (Wildman–Crippen LogP) is 4.82. The summed E-state index contributed by atoms with van der Waals surface area (Å²) in [6, 6.07) is 0. The van der Waals surface area contributed by atoms with E-state index in [1.54, 1.807) is 0 Å². The number of fused-ring (bicyclic) bond motifs is 5. The van der Waals surface area contributed by atoms with Gasteiger partial charge in [-0.15, -0.1) is 0 Å². The van der Waals surface area contributed by atoms with Crippen molar-refractivity contribution in [2.75, 3.05) is 6.61 Å². The van der Waals surface area contributed by atoms with Gasteiger partial charge in [0.2, 0.25) is 6.29 Å². The van der Waals surface area contributed by atoms with Gasteiger partial charge >= 0.3 is 0 Å².